The van der Waals surface area contributed by atoms with Gasteiger partial charge in [0.25, 0.3) is 0 Å². The molecule has 0 saturated heterocycles. The molecule has 0 atom stereocenters. The Hall–Kier alpha value is -4.08. The fourth-order valence-corrected chi connectivity index (χ4v) is 4.10. The molecule has 0 spiro atoms. The molecular weight excluding hydrogens is 426 g/mol. The number of para-hydroxylation sites is 1. The van der Waals surface area contributed by atoms with Crippen molar-refractivity contribution in [3.8, 4) is 11.1 Å². The van der Waals surface area contributed by atoms with Crippen LogP contribution in [0, 0.1) is 5.92 Å². The second-order valence-electron chi connectivity index (χ2n) is 8.81. The molecule has 4 aromatic carbocycles. The van der Waals surface area contributed by atoms with E-state index in [1.165, 1.54) is 11.1 Å². The number of anilines is 4. The zero-order chi connectivity index (χ0) is 24.6. The van der Waals surface area contributed by atoms with Crippen molar-refractivity contribution in [1.29, 1.82) is 0 Å². The highest BCUT2D eigenvalue weighted by molar-refractivity contribution is 5.74. The number of rotatable bonds is 8. The van der Waals surface area contributed by atoms with Crippen molar-refractivity contribution in [3.05, 3.63) is 133 Å². The van der Waals surface area contributed by atoms with Gasteiger partial charge in [0.05, 0.1) is 11.4 Å². The molecule has 3 heteroatoms. The highest BCUT2D eigenvalue weighted by Crippen LogP contribution is 2.33. The maximum absolute atomic E-state index is 6.51. The van der Waals surface area contributed by atoms with Crippen molar-refractivity contribution in [2.24, 2.45) is 11.8 Å². The van der Waals surface area contributed by atoms with Gasteiger partial charge >= 0.3 is 0 Å². The molecule has 0 fully saturated rings. The second kappa shape index (κ2) is 11.4. The molecule has 0 aliphatic heterocycles. The van der Waals surface area contributed by atoms with Crippen LogP contribution in [-0.4, -0.2) is 0 Å². The zero-order valence-corrected chi connectivity index (χ0v) is 20.7. The Bertz CT molecular complexity index is 1260. The van der Waals surface area contributed by atoms with E-state index in [0.29, 0.717) is 5.92 Å². The fourth-order valence-electron chi connectivity index (χ4n) is 4.10. The normalized spacial score (nSPS) is 11.7. The summed E-state index contributed by atoms with van der Waals surface area (Å²) in [6.45, 7) is 6.45. The predicted molar refractivity (Wildman–Crippen MR) is 151 cm³/mol. The minimum absolute atomic E-state index is 0.421. The summed E-state index contributed by atoms with van der Waals surface area (Å²) in [6.07, 6.45) is 6.52. The fraction of sp³-hybridized carbons (Fsp3) is 0.125. The van der Waals surface area contributed by atoms with Gasteiger partial charge in [-0.3, -0.25) is 5.01 Å². The molecule has 2 N–H and O–H groups in total. The Morgan fingerprint density at radius 1 is 0.629 bits per heavy atom. The predicted octanol–water partition coefficient (Wildman–Crippen LogP) is 8.62. The van der Waals surface area contributed by atoms with Crippen LogP contribution in [0.3, 0.4) is 0 Å². The second-order valence-corrected chi connectivity index (χ2v) is 8.81. The number of hydrogen-bond acceptors (Lipinski definition) is 3. The van der Waals surface area contributed by atoms with E-state index in [-0.39, 0.29) is 0 Å². The lowest BCUT2D eigenvalue weighted by atomic mass is 10.1. The number of allylic oxidation sites excluding steroid dienone is 3. The first kappa shape index (κ1) is 24.1. The number of nitrogens with zero attached hydrogens (tertiary/aromatic N) is 2. The largest absolute Gasteiger partial charge is 0.311 e. The standard InChI is InChI=1S/C32H33N3/c1-4-11-32(24-25(2)3)34(28-14-9-6-10-15-28)29-20-22-31(23-21-29)35(33)30-18-16-27(17-19-30)26-12-7-5-8-13-26/h4-25H,33H2,1-3H3/b11-4-,32-24+. The summed E-state index contributed by atoms with van der Waals surface area (Å²) >= 11 is 0. The van der Waals surface area contributed by atoms with E-state index < -0.39 is 0 Å². The Morgan fingerprint density at radius 2 is 1.09 bits per heavy atom. The Morgan fingerprint density at radius 3 is 1.63 bits per heavy atom. The van der Waals surface area contributed by atoms with Crippen LogP contribution in [0.25, 0.3) is 11.1 Å². The van der Waals surface area contributed by atoms with Gasteiger partial charge in [-0.2, -0.15) is 0 Å². The smallest absolute Gasteiger partial charge is 0.0576 e. The lowest BCUT2D eigenvalue weighted by Crippen LogP contribution is -2.25. The molecule has 4 aromatic rings. The summed E-state index contributed by atoms with van der Waals surface area (Å²) in [5, 5.41) is 1.72. The van der Waals surface area contributed by atoms with Crippen molar-refractivity contribution in [2.45, 2.75) is 20.8 Å². The van der Waals surface area contributed by atoms with Gasteiger partial charge in [0.1, 0.15) is 0 Å². The minimum Gasteiger partial charge on any atom is -0.311 e. The van der Waals surface area contributed by atoms with E-state index >= 15 is 0 Å². The summed E-state index contributed by atoms with van der Waals surface area (Å²) in [5.74, 6) is 6.93. The van der Waals surface area contributed by atoms with Crippen molar-refractivity contribution >= 4 is 22.7 Å². The van der Waals surface area contributed by atoms with E-state index in [1.807, 2.05) is 12.1 Å². The van der Waals surface area contributed by atoms with E-state index in [2.05, 4.69) is 141 Å². The topological polar surface area (TPSA) is 32.5 Å². The van der Waals surface area contributed by atoms with Crippen molar-refractivity contribution in [3.63, 3.8) is 0 Å². The maximum atomic E-state index is 6.51. The summed E-state index contributed by atoms with van der Waals surface area (Å²) in [7, 11) is 0. The Labute approximate surface area is 209 Å². The molecule has 0 aromatic heterocycles. The van der Waals surface area contributed by atoms with E-state index in [0.717, 1.165) is 28.4 Å². The van der Waals surface area contributed by atoms with E-state index in [4.69, 9.17) is 5.84 Å². The molecule has 0 heterocycles. The summed E-state index contributed by atoms with van der Waals surface area (Å²) in [4.78, 5) is 2.28. The van der Waals surface area contributed by atoms with E-state index in [9.17, 15) is 0 Å². The lowest BCUT2D eigenvalue weighted by Gasteiger charge is -2.28. The van der Waals surface area contributed by atoms with Gasteiger partial charge in [-0.15, -0.1) is 0 Å². The molecule has 4 rings (SSSR count). The first-order valence-electron chi connectivity index (χ1n) is 12.1. The summed E-state index contributed by atoms with van der Waals surface area (Å²) in [6, 6.07) is 37.5. The number of nitrogens with two attached hydrogens (primary N) is 1. The van der Waals surface area contributed by atoms with Gasteiger partial charge in [0, 0.05) is 17.1 Å². The lowest BCUT2D eigenvalue weighted by molar-refractivity contribution is 0.821. The Kier molecular flexibility index (Phi) is 7.81. The molecule has 0 radical (unpaired) electrons. The van der Waals surface area contributed by atoms with Crippen LogP contribution in [0.1, 0.15) is 20.8 Å². The quantitative estimate of drug-likeness (QED) is 0.163. The maximum Gasteiger partial charge on any atom is 0.0576 e. The van der Waals surface area contributed by atoms with Crippen molar-refractivity contribution < 1.29 is 0 Å². The van der Waals surface area contributed by atoms with Crippen molar-refractivity contribution in [1.82, 2.24) is 0 Å². The number of benzene rings is 4. The van der Waals surface area contributed by atoms with Crippen LogP contribution in [-0.2, 0) is 0 Å². The van der Waals surface area contributed by atoms with Gasteiger partial charge < -0.3 is 4.90 Å². The number of hydrogen-bond donors (Lipinski definition) is 1. The van der Waals surface area contributed by atoms with Gasteiger partial charge in [0.2, 0.25) is 0 Å². The van der Waals surface area contributed by atoms with Crippen LogP contribution in [0.15, 0.2) is 133 Å². The van der Waals surface area contributed by atoms with Gasteiger partial charge in [0.15, 0.2) is 0 Å². The molecule has 3 nitrogen and oxygen atoms in total. The number of hydrazine groups is 1. The minimum atomic E-state index is 0.421. The molecule has 0 amide bonds. The molecule has 35 heavy (non-hydrogen) atoms. The molecule has 0 aliphatic carbocycles. The van der Waals surface area contributed by atoms with Crippen LogP contribution >= 0.6 is 0 Å². The Balaban J connectivity index is 1.62. The molecule has 0 bridgehead atoms. The SMILES string of the molecule is C/C=C\C(=C/C(C)C)N(c1ccccc1)c1ccc(N(N)c2ccc(-c3ccccc3)cc2)cc1. The highest BCUT2D eigenvalue weighted by atomic mass is 15.4. The van der Waals surface area contributed by atoms with Gasteiger partial charge in [-0.05, 0) is 78.6 Å². The average molecular weight is 460 g/mol. The summed E-state index contributed by atoms with van der Waals surface area (Å²) < 4.78 is 0. The molecular formula is C32H33N3. The van der Waals surface area contributed by atoms with Crippen LogP contribution in [0.5, 0.6) is 0 Å². The third kappa shape index (κ3) is 5.89. The monoisotopic (exact) mass is 459 g/mol. The van der Waals surface area contributed by atoms with Crippen LogP contribution in [0.4, 0.5) is 22.7 Å². The summed E-state index contributed by atoms with van der Waals surface area (Å²) in [5.41, 5.74) is 7.57. The van der Waals surface area contributed by atoms with Crippen molar-refractivity contribution in [2.75, 3.05) is 9.91 Å². The van der Waals surface area contributed by atoms with Crippen LogP contribution < -0.4 is 15.8 Å². The van der Waals surface area contributed by atoms with E-state index in [1.54, 1.807) is 5.01 Å². The first-order chi connectivity index (χ1) is 17.1. The molecule has 0 unspecified atom stereocenters. The molecule has 0 aliphatic rings. The van der Waals surface area contributed by atoms with Gasteiger partial charge in [-0.1, -0.05) is 86.7 Å². The van der Waals surface area contributed by atoms with Crippen LogP contribution in [0.2, 0.25) is 0 Å². The first-order valence-corrected chi connectivity index (χ1v) is 12.1. The molecule has 176 valence electrons. The van der Waals surface area contributed by atoms with Gasteiger partial charge in [-0.25, -0.2) is 5.84 Å². The average Bonchev–Trinajstić information content (AvgIpc) is 2.90. The zero-order valence-electron chi connectivity index (χ0n) is 20.7. The third-order valence-corrected chi connectivity index (χ3v) is 5.75. The third-order valence-electron chi connectivity index (χ3n) is 5.75. The molecule has 0 saturated carbocycles. The highest BCUT2D eigenvalue weighted by Gasteiger charge is 2.14.